The zero-order chi connectivity index (χ0) is 7.23. The molecule has 1 nitrogen and oxygen atoms in total. The van der Waals surface area contributed by atoms with E-state index in [0.29, 0.717) is 6.10 Å². The van der Waals surface area contributed by atoms with Crippen molar-refractivity contribution in [3.8, 4) is 0 Å². The van der Waals surface area contributed by atoms with Crippen LogP contribution in [-0.4, -0.2) is 12.7 Å². The molecule has 0 aromatic carbocycles. The average molecular weight is 140 g/mol. The highest BCUT2D eigenvalue weighted by Crippen LogP contribution is 2.13. The Hall–Kier alpha value is -0.300. The maximum atomic E-state index is 5.58. The molecule has 0 N–H and O–H groups in total. The third-order valence-electron chi connectivity index (χ3n) is 1.78. The van der Waals surface area contributed by atoms with Gasteiger partial charge in [0.15, 0.2) is 0 Å². The Labute approximate surface area is 63.1 Å². The Morgan fingerprint density at radius 2 is 2.40 bits per heavy atom. The van der Waals surface area contributed by atoms with Crippen LogP contribution in [0.25, 0.3) is 0 Å². The normalized spacial score (nSPS) is 25.1. The highest BCUT2D eigenvalue weighted by molar-refractivity contribution is 4.90. The second-order valence-corrected chi connectivity index (χ2v) is 2.78. The van der Waals surface area contributed by atoms with Crippen molar-refractivity contribution in [2.75, 3.05) is 6.61 Å². The van der Waals surface area contributed by atoms with Crippen molar-refractivity contribution in [1.29, 1.82) is 0 Å². The van der Waals surface area contributed by atoms with Crippen LogP contribution in [0.5, 0.6) is 0 Å². The first-order valence-corrected chi connectivity index (χ1v) is 4.20. The van der Waals surface area contributed by atoms with Gasteiger partial charge in [-0.3, -0.25) is 0 Å². The second-order valence-electron chi connectivity index (χ2n) is 2.78. The lowest BCUT2D eigenvalue weighted by atomic mass is 10.1. The molecule has 0 saturated heterocycles. The molecule has 1 heteroatoms. The van der Waals surface area contributed by atoms with Gasteiger partial charge < -0.3 is 4.74 Å². The van der Waals surface area contributed by atoms with E-state index in [1.807, 2.05) is 0 Å². The highest BCUT2D eigenvalue weighted by Gasteiger charge is 2.08. The summed E-state index contributed by atoms with van der Waals surface area (Å²) in [5, 5.41) is 0. The Morgan fingerprint density at radius 3 is 3.00 bits per heavy atom. The monoisotopic (exact) mass is 140 g/mol. The van der Waals surface area contributed by atoms with Crippen molar-refractivity contribution >= 4 is 0 Å². The SMILES string of the molecule is CCCOC1CC=CCC1. The minimum absolute atomic E-state index is 0.518. The van der Waals surface area contributed by atoms with Gasteiger partial charge in [-0.15, -0.1) is 0 Å². The standard InChI is InChI=1S/C9H16O/c1-2-8-10-9-6-4-3-5-7-9/h3-4,9H,2,5-8H2,1H3. The minimum atomic E-state index is 0.518. The van der Waals surface area contributed by atoms with Gasteiger partial charge in [0, 0.05) is 6.61 Å². The maximum absolute atomic E-state index is 5.58. The molecule has 0 bridgehead atoms. The average Bonchev–Trinajstić information content (AvgIpc) is 2.03. The summed E-state index contributed by atoms with van der Waals surface area (Å²) in [5.74, 6) is 0. The molecule has 58 valence electrons. The first kappa shape index (κ1) is 7.80. The largest absolute Gasteiger partial charge is 0.378 e. The molecule has 1 aliphatic rings. The van der Waals surface area contributed by atoms with Gasteiger partial charge >= 0.3 is 0 Å². The highest BCUT2D eigenvalue weighted by atomic mass is 16.5. The predicted octanol–water partition coefficient (Wildman–Crippen LogP) is 2.52. The lowest BCUT2D eigenvalue weighted by Gasteiger charge is -2.17. The number of ether oxygens (including phenoxy) is 1. The van der Waals surface area contributed by atoms with E-state index in [0.717, 1.165) is 19.4 Å². The van der Waals surface area contributed by atoms with E-state index in [-0.39, 0.29) is 0 Å². The van der Waals surface area contributed by atoms with E-state index in [1.54, 1.807) is 0 Å². The zero-order valence-electron chi connectivity index (χ0n) is 6.68. The van der Waals surface area contributed by atoms with Crippen LogP contribution in [0.2, 0.25) is 0 Å². The number of allylic oxidation sites excluding steroid dienone is 1. The summed E-state index contributed by atoms with van der Waals surface area (Å²) in [4.78, 5) is 0. The molecule has 0 aromatic heterocycles. The third kappa shape index (κ3) is 2.53. The zero-order valence-corrected chi connectivity index (χ0v) is 6.68. The Kier molecular flexibility index (Phi) is 3.52. The molecule has 0 amide bonds. The van der Waals surface area contributed by atoms with E-state index < -0.39 is 0 Å². The molecule has 0 spiro atoms. The first-order chi connectivity index (χ1) is 4.93. The molecule has 1 atom stereocenters. The van der Waals surface area contributed by atoms with Crippen molar-refractivity contribution in [2.45, 2.75) is 38.7 Å². The Balaban J connectivity index is 2.10. The third-order valence-corrected chi connectivity index (χ3v) is 1.78. The van der Waals surface area contributed by atoms with Gasteiger partial charge in [-0.2, -0.15) is 0 Å². The van der Waals surface area contributed by atoms with Crippen LogP contribution in [0.3, 0.4) is 0 Å². The van der Waals surface area contributed by atoms with Crippen LogP contribution in [0.4, 0.5) is 0 Å². The van der Waals surface area contributed by atoms with Gasteiger partial charge in [0.05, 0.1) is 6.10 Å². The molecule has 10 heavy (non-hydrogen) atoms. The van der Waals surface area contributed by atoms with Crippen LogP contribution in [0, 0.1) is 0 Å². The molecule has 1 unspecified atom stereocenters. The fraction of sp³-hybridized carbons (Fsp3) is 0.778. The molecule has 0 heterocycles. The predicted molar refractivity (Wildman–Crippen MR) is 43.0 cm³/mol. The van der Waals surface area contributed by atoms with Gasteiger partial charge in [0.25, 0.3) is 0 Å². The number of hydrogen-bond donors (Lipinski definition) is 0. The van der Waals surface area contributed by atoms with Gasteiger partial charge in [0.2, 0.25) is 0 Å². The molecular formula is C9H16O. The van der Waals surface area contributed by atoms with Crippen LogP contribution < -0.4 is 0 Å². The molecule has 0 saturated carbocycles. The fourth-order valence-corrected chi connectivity index (χ4v) is 1.20. The van der Waals surface area contributed by atoms with Crippen molar-refractivity contribution < 1.29 is 4.74 Å². The van der Waals surface area contributed by atoms with Crippen molar-refractivity contribution in [3.63, 3.8) is 0 Å². The van der Waals surface area contributed by atoms with Crippen LogP contribution in [0.15, 0.2) is 12.2 Å². The van der Waals surface area contributed by atoms with Crippen LogP contribution >= 0.6 is 0 Å². The fourth-order valence-electron chi connectivity index (χ4n) is 1.20. The topological polar surface area (TPSA) is 9.23 Å². The van der Waals surface area contributed by atoms with E-state index in [2.05, 4.69) is 19.1 Å². The summed E-state index contributed by atoms with van der Waals surface area (Å²) in [6.07, 6.45) is 9.67. The molecule has 1 rings (SSSR count). The lowest BCUT2D eigenvalue weighted by Crippen LogP contribution is -2.14. The van der Waals surface area contributed by atoms with E-state index in [9.17, 15) is 0 Å². The quantitative estimate of drug-likeness (QED) is 0.547. The number of hydrogen-bond acceptors (Lipinski definition) is 1. The first-order valence-electron chi connectivity index (χ1n) is 4.20. The van der Waals surface area contributed by atoms with Crippen LogP contribution in [0.1, 0.15) is 32.6 Å². The minimum Gasteiger partial charge on any atom is -0.378 e. The molecule has 0 aromatic rings. The molecule has 0 radical (unpaired) electrons. The summed E-state index contributed by atoms with van der Waals surface area (Å²) in [5.41, 5.74) is 0. The summed E-state index contributed by atoms with van der Waals surface area (Å²) >= 11 is 0. The Bertz CT molecular complexity index is 107. The molecule has 0 aliphatic heterocycles. The van der Waals surface area contributed by atoms with E-state index in [1.165, 1.54) is 12.8 Å². The summed E-state index contributed by atoms with van der Waals surface area (Å²) < 4.78 is 5.58. The van der Waals surface area contributed by atoms with E-state index in [4.69, 9.17) is 4.74 Å². The van der Waals surface area contributed by atoms with Gasteiger partial charge in [-0.25, -0.2) is 0 Å². The van der Waals surface area contributed by atoms with Crippen molar-refractivity contribution in [1.82, 2.24) is 0 Å². The van der Waals surface area contributed by atoms with Gasteiger partial charge in [-0.1, -0.05) is 19.1 Å². The second kappa shape index (κ2) is 4.51. The van der Waals surface area contributed by atoms with Gasteiger partial charge in [-0.05, 0) is 25.7 Å². The van der Waals surface area contributed by atoms with E-state index >= 15 is 0 Å². The summed E-state index contributed by atoms with van der Waals surface area (Å²) in [6.45, 7) is 3.08. The molecular weight excluding hydrogens is 124 g/mol. The van der Waals surface area contributed by atoms with Gasteiger partial charge in [0.1, 0.15) is 0 Å². The molecule has 0 fully saturated rings. The maximum Gasteiger partial charge on any atom is 0.0612 e. The van der Waals surface area contributed by atoms with Crippen LogP contribution in [-0.2, 0) is 4.74 Å². The summed E-state index contributed by atoms with van der Waals surface area (Å²) in [6, 6.07) is 0. The van der Waals surface area contributed by atoms with Crippen molar-refractivity contribution in [3.05, 3.63) is 12.2 Å². The lowest BCUT2D eigenvalue weighted by molar-refractivity contribution is 0.0480. The Morgan fingerprint density at radius 1 is 1.50 bits per heavy atom. The number of rotatable bonds is 3. The van der Waals surface area contributed by atoms with Crippen molar-refractivity contribution in [2.24, 2.45) is 0 Å². The summed E-state index contributed by atoms with van der Waals surface area (Å²) in [7, 11) is 0. The smallest absolute Gasteiger partial charge is 0.0612 e. The molecule has 1 aliphatic carbocycles.